The van der Waals surface area contributed by atoms with E-state index in [9.17, 15) is 18.0 Å². The van der Waals surface area contributed by atoms with E-state index in [4.69, 9.17) is 0 Å². The molecule has 1 N–H and O–H groups in total. The average Bonchev–Trinajstić information content (AvgIpc) is 3.06. The molecule has 1 amide bonds. The van der Waals surface area contributed by atoms with E-state index >= 15 is 0 Å². The first kappa shape index (κ1) is 18.0. The lowest BCUT2D eigenvalue weighted by Crippen LogP contribution is -2.32. The third kappa shape index (κ3) is 3.68. The molecule has 3 aromatic rings. The molecule has 0 atom stereocenters. The summed E-state index contributed by atoms with van der Waals surface area (Å²) in [7, 11) is 0. The monoisotopic (exact) mass is 388 g/mol. The number of rotatable bonds is 5. The number of benzene rings is 1. The highest BCUT2D eigenvalue weighted by Gasteiger charge is 2.22. The normalized spacial score (nSPS) is 13.4. The van der Waals surface area contributed by atoms with Gasteiger partial charge in [0.2, 0.25) is 0 Å². The number of nitrogens with one attached hydrogen (secondary N) is 1. The number of halogens is 3. The van der Waals surface area contributed by atoms with Gasteiger partial charge in [-0.1, -0.05) is 0 Å². The third-order valence-electron chi connectivity index (χ3n) is 4.35. The first-order valence-corrected chi connectivity index (χ1v) is 8.54. The lowest BCUT2D eigenvalue weighted by Gasteiger charge is -2.15. The summed E-state index contributed by atoms with van der Waals surface area (Å²) in [6.07, 6.45) is 3.97. The number of pyridine rings is 1. The van der Waals surface area contributed by atoms with E-state index in [0.29, 0.717) is 35.5 Å². The summed E-state index contributed by atoms with van der Waals surface area (Å²) in [5, 5.41) is 7.06. The van der Waals surface area contributed by atoms with Crippen LogP contribution in [0.5, 0.6) is 5.75 Å². The Morgan fingerprint density at radius 1 is 1.25 bits per heavy atom. The van der Waals surface area contributed by atoms with Crippen LogP contribution in [0.4, 0.5) is 13.2 Å². The first-order valence-electron chi connectivity index (χ1n) is 8.54. The van der Waals surface area contributed by atoms with Crippen molar-refractivity contribution in [3.05, 3.63) is 71.1 Å². The van der Waals surface area contributed by atoms with Gasteiger partial charge in [-0.2, -0.15) is 13.9 Å². The van der Waals surface area contributed by atoms with E-state index < -0.39 is 12.4 Å². The van der Waals surface area contributed by atoms with E-state index in [1.807, 2.05) is 0 Å². The number of ether oxygens (including phenoxy) is 1. The molecule has 0 fully saturated rings. The van der Waals surface area contributed by atoms with Crippen molar-refractivity contribution in [2.45, 2.75) is 19.5 Å². The van der Waals surface area contributed by atoms with Gasteiger partial charge in [-0.05, 0) is 29.8 Å². The van der Waals surface area contributed by atoms with E-state index in [1.54, 1.807) is 23.0 Å². The topological polar surface area (TPSA) is 69.0 Å². The molecule has 0 aliphatic carbocycles. The van der Waals surface area contributed by atoms with Crippen LogP contribution in [-0.2, 0) is 12.8 Å². The molecule has 3 heterocycles. The summed E-state index contributed by atoms with van der Waals surface area (Å²) in [4.78, 5) is 16.2. The van der Waals surface area contributed by atoms with Gasteiger partial charge in [0.1, 0.15) is 11.6 Å². The predicted molar refractivity (Wildman–Crippen MR) is 93.2 cm³/mol. The van der Waals surface area contributed by atoms with Crippen molar-refractivity contribution in [1.82, 2.24) is 20.1 Å². The number of amides is 1. The first-order chi connectivity index (χ1) is 13.5. The Labute approximate surface area is 158 Å². The summed E-state index contributed by atoms with van der Waals surface area (Å²) >= 11 is 0. The molecular weight excluding hydrogens is 373 g/mol. The number of aromatic nitrogens is 3. The van der Waals surface area contributed by atoms with Crippen molar-refractivity contribution in [2.75, 3.05) is 6.54 Å². The van der Waals surface area contributed by atoms with Crippen LogP contribution in [0.2, 0.25) is 0 Å². The second-order valence-corrected chi connectivity index (χ2v) is 6.28. The fraction of sp³-hybridized carbons (Fsp3) is 0.211. The molecule has 0 unspecified atom stereocenters. The average molecular weight is 388 g/mol. The van der Waals surface area contributed by atoms with Crippen LogP contribution in [0.15, 0.2) is 42.7 Å². The smallest absolute Gasteiger partial charge is 0.387 e. The van der Waals surface area contributed by atoms with Gasteiger partial charge in [-0.15, -0.1) is 0 Å². The minimum Gasteiger partial charge on any atom is -0.435 e. The number of hydrogen-bond donors (Lipinski definition) is 1. The number of alkyl halides is 2. The van der Waals surface area contributed by atoms with Gasteiger partial charge in [0.05, 0.1) is 23.1 Å². The number of nitrogens with zero attached hydrogens (tertiary/aromatic N) is 3. The van der Waals surface area contributed by atoms with Gasteiger partial charge in [-0.25, -0.2) is 9.07 Å². The van der Waals surface area contributed by atoms with Crippen LogP contribution in [-0.4, -0.2) is 33.8 Å². The molecule has 0 saturated heterocycles. The third-order valence-corrected chi connectivity index (χ3v) is 4.35. The largest absolute Gasteiger partial charge is 0.435 e. The van der Waals surface area contributed by atoms with Crippen LogP contribution in [0.3, 0.4) is 0 Å². The van der Waals surface area contributed by atoms with E-state index in [0.717, 1.165) is 11.8 Å². The Morgan fingerprint density at radius 2 is 2.11 bits per heavy atom. The van der Waals surface area contributed by atoms with Crippen LogP contribution < -0.4 is 10.1 Å². The van der Waals surface area contributed by atoms with Crippen molar-refractivity contribution < 1.29 is 22.7 Å². The van der Waals surface area contributed by atoms with Crippen molar-refractivity contribution >= 4 is 5.91 Å². The zero-order valence-electron chi connectivity index (χ0n) is 14.5. The Kier molecular flexibility index (Phi) is 4.72. The number of carbonyl (C=O) groups excluding carboxylic acids is 1. The van der Waals surface area contributed by atoms with Gasteiger partial charge in [0.15, 0.2) is 0 Å². The van der Waals surface area contributed by atoms with Crippen LogP contribution in [0.25, 0.3) is 5.69 Å². The van der Waals surface area contributed by atoms with Crippen LogP contribution in [0.1, 0.15) is 27.3 Å². The second kappa shape index (κ2) is 7.34. The Balaban J connectivity index is 1.62. The molecule has 1 aliphatic heterocycles. The fourth-order valence-electron chi connectivity index (χ4n) is 3.21. The van der Waals surface area contributed by atoms with Gasteiger partial charge in [0.25, 0.3) is 5.91 Å². The minimum atomic E-state index is -3.03. The summed E-state index contributed by atoms with van der Waals surface area (Å²) in [5.41, 5.74) is 3.09. The molecule has 1 aliphatic rings. The standard InChI is InChI=1S/C19H15F3N4O2/c20-12-5-11(7-15(8-12)28-19(21)22)6-13-9-14(1-3-23-13)26-17-2-4-24-18(27)16(17)10-25-26/h1,3,5,7-10,19H,2,4,6H2,(H,24,27). The Bertz CT molecular complexity index is 1040. The molecule has 0 bridgehead atoms. The van der Waals surface area contributed by atoms with Gasteiger partial charge in [-0.3, -0.25) is 9.78 Å². The predicted octanol–water partition coefficient (Wildman–Crippen LogP) is 2.88. The van der Waals surface area contributed by atoms with Crippen molar-refractivity contribution in [3.63, 3.8) is 0 Å². The lowest BCUT2D eigenvalue weighted by atomic mass is 10.1. The molecule has 1 aromatic carbocycles. The summed E-state index contributed by atoms with van der Waals surface area (Å²) in [6.45, 7) is -2.50. The number of hydrogen-bond acceptors (Lipinski definition) is 4. The van der Waals surface area contributed by atoms with E-state index in [-0.39, 0.29) is 18.1 Å². The minimum absolute atomic E-state index is 0.159. The highest BCUT2D eigenvalue weighted by Crippen LogP contribution is 2.22. The molecular formula is C19H15F3N4O2. The zero-order chi connectivity index (χ0) is 19.7. The molecule has 6 nitrogen and oxygen atoms in total. The lowest BCUT2D eigenvalue weighted by molar-refractivity contribution is -0.0500. The number of fused-ring (bicyclic) bond motifs is 1. The van der Waals surface area contributed by atoms with Gasteiger partial charge < -0.3 is 10.1 Å². The van der Waals surface area contributed by atoms with Gasteiger partial charge >= 0.3 is 6.61 Å². The molecule has 2 aromatic heterocycles. The Hall–Kier alpha value is -3.36. The quantitative estimate of drug-likeness (QED) is 0.730. The summed E-state index contributed by atoms with van der Waals surface area (Å²) < 4.78 is 44.5. The summed E-state index contributed by atoms with van der Waals surface area (Å²) in [6, 6.07) is 7.01. The molecule has 4 rings (SSSR count). The maximum absolute atomic E-state index is 13.7. The molecule has 0 radical (unpaired) electrons. The molecule has 144 valence electrons. The molecule has 9 heteroatoms. The van der Waals surface area contributed by atoms with E-state index in [2.05, 4.69) is 20.1 Å². The van der Waals surface area contributed by atoms with Crippen molar-refractivity contribution in [1.29, 1.82) is 0 Å². The van der Waals surface area contributed by atoms with Gasteiger partial charge in [0, 0.05) is 37.3 Å². The molecule has 0 saturated carbocycles. The highest BCUT2D eigenvalue weighted by atomic mass is 19.3. The van der Waals surface area contributed by atoms with Crippen molar-refractivity contribution in [3.8, 4) is 11.4 Å². The number of carbonyl (C=O) groups is 1. The SMILES string of the molecule is O=C1NCCc2c1cnn2-c1ccnc(Cc2cc(F)cc(OC(F)F)c2)c1. The van der Waals surface area contributed by atoms with Crippen LogP contribution in [0, 0.1) is 5.82 Å². The maximum atomic E-state index is 13.7. The molecule has 0 spiro atoms. The fourth-order valence-corrected chi connectivity index (χ4v) is 3.21. The van der Waals surface area contributed by atoms with Crippen LogP contribution >= 0.6 is 0 Å². The van der Waals surface area contributed by atoms with E-state index in [1.165, 1.54) is 18.3 Å². The highest BCUT2D eigenvalue weighted by molar-refractivity contribution is 5.96. The molecule has 28 heavy (non-hydrogen) atoms. The second-order valence-electron chi connectivity index (χ2n) is 6.28. The zero-order valence-corrected chi connectivity index (χ0v) is 14.5. The maximum Gasteiger partial charge on any atom is 0.387 e. The summed E-state index contributed by atoms with van der Waals surface area (Å²) in [5.74, 6) is -1.07. The Morgan fingerprint density at radius 3 is 2.93 bits per heavy atom. The van der Waals surface area contributed by atoms with Crippen molar-refractivity contribution in [2.24, 2.45) is 0 Å².